The zero-order chi connectivity index (χ0) is 24.7. The van der Waals surface area contributed by atoms with E-state index in [1.807, 2.05) is 63.2 Å². The van der Waals surface area contributed by atoms with Crippen molar-refractivity contribution in [3.63, 3.8) is 0 Å². The predicted octanol–water partition coefficient (Wildman–Crippen LogP) is 5.41. The molecule has 2 aliphatic rings. The number of thioether (sulfide) groups is 1. The highest BCUT2D eigenvalue weighted by molar-refractivity contribution is 8.27. The first-order chi connectivity index (χ1) is 16.8. The summed E-state index contributed by atoms with van der Waals surface area (Å²) < 4.78 is 8.00. The van der Waals surface area contributed by atoms with Crippen LogP contribution in [-0.4, -0.2) is 38.1 Å². The number of hydrogen-bond donors (Lipinski definition) is 1. The van der Waals surface area contributed by atoms with Crippen molar-refractivity contribution in [1.29, 1.82) is 5.41 Å². The third-order valence-corrected chi connectivity index (χ3v) is 6.86. The van der Waals surface area contributed by atoms with Gasteiger partial charge in [0.1, 0.15) is 17.4 Å². The number of aliphatic imine (C=N–C) groups is 1. The third kappa shape index (κ3) is 4.33. The van der Waals surface area contributed by atoms with Gasteiger partial charge >= 0.3 is 0 Å². The molecule has 2 aromatic carbocycles. The van der Waals surface area contributed by atoms with Crippen molar-refractivity contribution >= 4 is 39.8 Å². The predicted molar refractivity (Wildman–Crippen MR) is 142 cm³/mol. The number of rotatable bonds is 5. The van der Waals surface area contributed by atoms with Gasteiger partial charge in [-0.2, -0.15) is 15.1 Å². The van der Waals surface area contributed by atoms with Gasteiger partial charge in [-0.05, 0) is 86.5 Å². The molecule has 0 unspecified atom stereocenters. The zero-order valence-corrected chi connectivity index (χ0v) is 20.8. The number of hydrazone groups is 1. The highest BCUT2D eigenvalue weighted by Crippen LogP contribution is 2.30. The quantitative estimate of drug-likeness (QED) is 0.492. The summed E-state index contributed by atoms with van der Waals surface area (Å²) in [5, 5.41) is 15.6. The molecule has 0 bridgehead atoms. The summed E-state index contributed by atoms with van der Waals surface area (Å²) in [5.74, 6) is 0.320. The van der Waals surface area contributed by atoms with E-state index in [4.69, 9.17) is 10.1 Å². The average Bonchev–Trinajstić information content (AvgIpc) is 3.35. The third-order valence-electron chi connectivity index (χ3n) is 5.97. The standard InChI is InChI=1S/C27H25N5O2S/c1-16-8-7-10-21(12-16)34-15-24-30-32-25(28)22(26(33)29-27(32)35-24)14-20-13-18(3)31(19(20)4)23-11-6-5-9-17(23)2/h5-14,28H,15H2,1-4H3. The second kappa shape index (κ2) is 9.03. The number of carbonyl (C=O) groups excluding carboxylic acids is 1. The Balaban J connectivity index is 1.41. The number of amidine groups is 2. The van der Waals surface area contributed by atoms with Gasteiger partial charge in [0.05, 0.1) is 5.57 Å². The minimum Gasteiger partial charge on any atom is -0.487 e. The van der Waals surface area contributed by atoms with E-state index in [0.717, 1.165) is 39.5 Å². The number of ether oxygens (including phenoxy) is 1. The van der Waals surface area contributed by atoms with Crippen LogP contribution in [0.4, 0.5) is 0 Å². The van der Waals surface area contributed by atoms with Crippen molar-refractivity contribution < 1.29 is 9.53 Å². The number of carbonyl (C=O) groups is 1. The minimum atomic E-state index is -0.439. The van der Waals surface area contributed by atoms with Gasteiger partial charge in [0.15, 0.2) is 5.84 Å². The van der Waals surface area contributed by atoms with E-state index >= 15 is 0 Å². The Hall–Kier alpha value is -3.91. The van der Waals surface area contributed by atoms with Crippen LogP contribution in [0.25, 0.3) is 11.8 Å². The van der Waals surface area contributed by atoms with Crippen molar-refractivity contribution in [2.24, 2.45) is 10.1 Å². The van der Waals surface area contributed by atoms with Crippen LogP contribution in [0.15, 0.2) is 70.3 Å². The Morgan fingerprint density at radius 2 is 1.86 bits per heavy atom. The Morgan fingerprint density at radius 1 is 1.06 bits per heavy atom. The molecule has 0 fully saturated rings. The molecule has 0 spiro atoms. The number of hydrogen-bond acceptors (Lipinski definition) is 5. The molecule has 8 heteroatoms. The number of nitrogens with one attached hydrogen (secondary N) is 1. The lowest BCUT2D eigenvalue weighted by Crippen LogP contribution is -2.35. The van der Waals surface area contributed by atoms with Crippen LogP contribution in [0.2, 0.25) is 0 Å². The maximum atomic E-state index is 12.9. The topological polar surface area (TPSA) is 83.0 Å². The van der Waals surface area contributed by atoms with E-state index in [2.05, 4.69) is 33.7 Å². The highest BCUT2D eigenvalue weighted by Gasteiger charge is 2.36. The van der Waals surface area contributed by atoms with E-state index in [1.54, 1.807) is 6.08 Å². The molecular formula is C27H25N5O2S. The monoisotopic (exact) mass is 483 g/mol. The molecule has 7 nitrogen and oxygen atoms in total. The molecule has 1 aromatic heterocycles. The molecule has 1 amide bonds. The van der Waals surface area contributed by atoms with Crippen molar-refractivity contribution in [1.82, 2.24) is 9.58 Å². The molecule has 176 valence electrons. The van der Waals surface area contributed by atoms with Gasteiger partial charge in [0, 0.05) is 17.1 Å². The molecule has 1 N–H and O–H groups in total. The number of amides is 1. The van der Waals surface area contributed by atoms with Gasteiger partial charge < -0.3 is 9.30 Å². The van der Waals surface area contributed by atoms with E-state index in [0.29, 0.717) is 10.2 Å². The Morgan fingerprint density at radius 3 is 2.63 bits per heavy atom. The smallest absolute Gasteiger partial charge is 0.283 e. The molecule has 0 radical (unpaired) electrons. The lowest BCUT2D eigenvalue weighted by Gasteiger charge is -2.20. The number of aromatic nitrogens is 1. The normalized spacial score (nSPS) is 16.5. The number of fused-ring (bicyclic) bond motifs is 1. The Labute approximate surface area is 208 Å². The van der Waals surface area contributed by atoms with Crippen LogP contribution in [0, 0.1) is 33.1 Å². The van der Waals surface area contributed by atoms with Crippen molar-refractivity contribution in [2.45, 2.75) is 27.7 Å². The summed E-state index contributed by atoms with van der Waals surface area (Å²) >= 11 is 1.25. The van der Waals surface area contributed by atoms with Crippen LogP contribution < -0.4 is 4.74 Å². The van der Waals surface area contributed by atoms with E-state index in [9.17, 15) is 4.79 Å². The first kappa shape index (κ1) is 22.9. The molecule has 35 heavy (non-hydrogen) atoms. The number of para-hydroxylation sites is 1. The molecule has 2 aliphatic heterocycles. The number of benzene rings is 2. The molecule has 3 heterocycles. The first-order valence-electron chi connectivity index (χ1n) is 11.3. The zero-order valence-electron chi connectivity index (χ0n) is 20.0. The summed E-state index contributed by atoms with van der Waals surface area (Å²) in [6.45, 7) is 8.37. The van der Waals surface area contributed by atoms with Gasteiger partial charge in [-0.1, -0.05) is 30.3 Å². The van der Waals surface area contributed by atoms with Gasteiger partial charge in [-0.3, -0.25) is 10.2 Å². The molecule has 0 atom stereocenters. The van der Waals surface area contributed by atoms with Crippen LogP contribution >= 0.6 is 11.8 Å². The minimum absolute atomic E-state index is 0.0127. The molecule has 5 rings (SSSR count). The van der Waals surface area contributed by atoms with Gasteiger partial charge in [-0.25, -0.2) is 0 Å². The summed E-state index contributed by atoms with van der Waals surface area (Å²) in [6, 6.07) is 18.0. The fraction of sp³-hybridized carbons (Fsp3) is 0.185. The van der Waals surface area contributed by atoms with Gasteiger partial charge in [0.2, 0.25) is 5.17 Å². The maximum Gasteiger partial charge on any atom is 0.283 e. The first-order valence-corrected chi connectivity index (χ1v) is 12.1. The average molecular weight is 484 g/mol. The molecule has 0 saturated heterocycles. The lowest BCUT2D eigenvalue weighted by molar-refractivity contribution is -0.114. The molecule has 3 aromatic rings. The number of aryl methyl sites for hydroxylation is 3. The van der Waals surface area contributed by atoms with Crippen LogP contribution in [0.3, 0.4) is 0 Å². The fourth-order valence-corrected chi connectivity index (χ4v) is 5.01. The van der Waals surface area contributed by atoms with Crippen molar-refractivity contribution in [2.75, 3.05) is 6.61 Å². The summed E-state index contributed by atoms with van der Waals surface area (Å²) in [4.78, 5) is 17.1. The maximum absolute atomic E-state index is 12.9. The Kier molecular flexibility index (Phi) is 5.90. The summed E-state index contributed by atoms with van der Waals surface area (Å²) in [5.41, 5.74) is 6.48. The second-order valence-electron chi connectivity index (χ2n) is 8.57. The summed E-state index contributed by atoms with van der Waals surface area (Å²) in [6.07, 6.45) is 1.74. The van der Waals surface area contributed by atoms with E-state index < -0.39 is 5.91 Å². The molecular weight excluding hydrogens is 458 g/mol. The summed E-state index contributed by atoms with van der Waals surface area (Å²) in [7, 11) is 0. The fourth-order valence-electron chi connectivity index (χ4n) is 4.21. The van der Waals surface area contributed by atoms with E-state index in [-0.39, 0.29) is 18.0 Å². The van der Waals surface area contributed by atoms with Crippen LogP contribution in [0.1, 0.15) is 28.1 Å². The van der Waals surface area contributed by atoms with Crippen LogP contribution in [-0.2, 0) is 4.79 Å². The lowest BCUT2D eigenvalue weighted by atomic mass is 10.1. The van der Waals surface area contributed by atoms with Crippen molar-refractivity contribution in [3.05, 3.63) is 88.2 Å². The Bertz CT molecular complexity index is 1460. The molecule has 0 aliphatic carbocycles. The second-order valence-corrected chi connectivity index (χ2v) is 9.61. The SMILES string of the molecule is Cc1cccc(OCC2=NN3C(=N)C(=Cc4cc(C)n(-c5ccccc5C)c4C)C(=O)N=C3S2)c1. The van der Waals surface area contributed by atoms with Crippen molar-refractivity contribution in [3.8, 4) is 11.4 Å². The number of nitrogens with zero attached hydrogens (tertiary/aromatic N) is 4. The molecule has 0 saturated carbocycles. The van der Waals surface area contributed by atoms with Crippen LogP contribution in [0.5, 0.6) is 5.75 Å². The van der Waals surface area contributed by atoms with Gasteiger partial charge in [-0.15, -0.1) is 0 Å². The van der Waals surface area contributed by atoms with E-state index in [1.165, 1.54) is 16.8 Å². The van der Waals surface area contributed by atoms with Gasteiger partial charge in [0.25, 0.3) is 5.91 Å². The largest absolute Gasteiger partial charge is 0.487 e. The highest BCUT2D eigenvalue weighted by atomic mass is 32.2.